The maximum atomic E-state index is 2.40. The van der Waals surface area contributed by atoms with Crippen LogP contribution in [0.15, 0.2) is 255 Å². The fraction of sp³-hybridized carbons (Fsp3) is 0. The first-order valence-electron chi connectivity index (χ1n) is 23.7. The Hall–Kier alpha value is -8.76. The van der Waals surface area contributed by atoms with Crippen LogP contribution >= 0.6 is 11.3 Å². The predicted molar refractivity (Wildman–Crippen MR) is 297 cm³/mol. The van der Waals surface area contributed by atoms with E-state index in [2.05, 4.69) is 264 Å². The molecule has 0 saturated heterocycles. The minimum atomic E-state index is 1.09. The van der Waals surface area contributed by atoms with E-state index >= 15 is 0 Å². The normalized spacial score (nSPS) is 11.8. The molecule has 3 heteroatoms. The monoisotopic (exact) mass is 894 g/mol. The van der Waals surface area contributed by atoms with Crippen molar-refractivity contribution in [1.29, 1.82) is 0 Å². The molecule has 0 aliphatic carbocycles. The van der Waals surface area contributed by atoms with Crippen LogP contribution in [0, 0.1) is 0 Å². The molecule has 14 aromatic rings. The average Bonchev–Trinajstić information content (AvgIpc) is 3.98. The third-order valence-electron chi connectivity index (χ3n) is 14.2. The van der Waals surface area contributed by atoms with Crippen LogP contribution in [0.25, 0.3) is 113 Å². The summed E-state index contributed by atoms with van der Waals surface area (Å²) in [5.74, 6) is 0. The molecule has 0 bridgehead atoms. The first kappa shape index (κ1) is 39.4. The number of anilines is 3. The molecule has 0 amide bonds. The maximum Gasteiger partial charge on any atom is 0.0541 e. The van der Waals surface area contributed by atoms with Gasteiger partial charge in [-0.25, -0.2) is 0 Å². The highest BCUT2D eigenvalue weighted by Gasteiger charge is 2.18. The van der Waals surface area contributed by atoms with E-state index in [9.17, 15) is 0 Å². The van der Waals surface area contributed by atoms with E-state index in [1.165, 1.54) is 102 Å². The topological polar surface area (TPSA) is 8.17 Å². The van der Waals surface area contributed by atoms with Crippen LogP contribution in [0.4, 0.5) is 17.1 Å². The number of para-hydroxylation sites is 2. The molecule has 2 nitrogen and oxygen atoms in total. The molecular formula is C66H42N2S. The van der Waals surface area contributed by atoms with E-state index < -0.39 is 0 Å². The van der Waals surface area contributed by atoms with Gasteiger partial charge in [0, 0.05) is 53.7 Å². The lowest BCUT2D eigenvalue weighted by Crippen LogP contribution is -2.10. The highest BCUT2D eigenvalue weighted by atomic mass is 32.1. The smallest absolute Gasteiger partial charge is 0.0541 e. The van der Waals surface area contributed by atoms with Gasteiger partial charge in [0.05, 0.1) is 11.0 Å². The van der Waals surface area contributed by atoms with E-state index in [1.807, 2.05) is 11.3 Å². The van der Waals surface area contributed by atoms with Gasteiger partial charge in [0.25, 0.3) is 0 Å². The second-order valence-electron chi connectivity index (χ2n) is 18.0. The summed E-state index contributed by atoms with van der Waals surface area (Å²) >= 11 is 1.91. The van der Waals surface area contributed by atoms with Crippen molar-refractivity contribution in [2.75, 3.05) is 4.90 Å². The summed E-state index contributed by atoms with van der Waals surface area (Å²) in [6.45, 7) is 0. The van der Waals surface area contributed by atoms with Gasteiger partial charge in [-0.2, -0.15) is 0 Å². The SMILES string of the molecule is c1cc(-c2cc3ccccc3c3ccccc23)cc(N(c2ccc(-c3cccc(-n4c5ccccc5c5ccccc54)c3)cc2)c2ccc(-c3cccc4c3sc3c5ccccc5ccc43)cc2)c1. The molecule has 0 spiro atoms. The van der Waals surface area contributed by atoms with Gasteiger partial charge in [-0.05, 0) is 132 Å². The average molecular weight is 895 g/mol. The number of fused-ring (bicyclic) bond motifs is 11. The molecule has 0 unspecified atom stereocenters. The molecule has 0 fully saturated rings. The highest BCUT2D eigenvalue weighted by Crippen LogP contribution is 2.45. The van der Waals surface area contributed by atoms with Crippen molar-refractivity contribution >= 4 is 103 Å². The van der Waals surface area contributed by atoms with Crippen molar-refractivity contribution in [1.82, 2.24) is 4.57 Å². The number of rotatable bonds is 7. The first-order valence-corrected chi connectivity index (χ1v) is 24.5. The lowest BCUT2D eigenvalue weighted by Gasteiger charge is -2.26. The lowest BCUT2D eigenvalue weighted by molar-refractivity contribution is 1.18. The predicted octanol–water partition coefficient (Wildman–Crippen LogP) is 19.1. The van der Waals surface area contributed by atoms with Crippen LogP contribution in [0.5, 0.6) is 0 Å². The highest BCUT2D eigenvalue weighted by molar-refractivity contribution is 7.27. The molecule has 0 radical (unpaired) electrons. The van der Waals surface area contributed by atoms with Crippen molar-refractivity contribution in [2.45, 2.75) is 0 Å². The molecular weight excluding hydrogens is 853 g/mol. The number of nitrogens with zero attached hydrogens (tertiary/aromatic N) is 2. The molecule has 2 aromatic heterocycles. The Balaban J connectivity index is 0.887. The summed E-state index contributed by atoms with van der Waals surface area (Å²) in [5, 5.41) is 12.8. The fourth-order valence-corrected chi connectivity index (χ4v) is 12.3. The quantitative estimate of drug-likeness (QED) is 0.145. The minimum absolute atomic E-state index is 1.09. The largest absolute Gasteiger partial charge is 0.310 e. The van der Waals surface area contributed by atoms with Gasteiger partial charge < -0.3 is 9.47 Å². The Kier molecular flexibility index (Phi) is 9.11. The molecule has 0 N–H and O–H groups in total. The molecule has 0 aliphatic heterocycles. The van der Waals surface area contributed by atoms with Crippen LogP contribution in [-0.4, -0.2) is 4.57 Å². The van der Waals surface area contributed by atoms with Gasteiger partial charge in [0.1, 0.15) is 0 Å². The van der Waals surface area contributed by atoms with Gasteiger partial charge in [0.2, 0.25) is 0 Å². The Labute approximate surface area is 403 Å². The molecule has 0 aliphatic rings. The third-order valence-corrected chi connectivity index (χ3v) is 15.4. The second-order valence-corrected chi connectivity index (χ2v) is 19.1. The molecule has 0 saturated carbocycles. The molecule has 14 rings (SSSR count). The van der Waals surface area contributed by atoms with Crippen LogP contribution in [0.3, 0.4) is 0 Å². The molecule has 69 heavy (non-hydrogen) atoms. The number of benzene rings is 12. The van der Waals surface area contributed by atoms with Crippen molar-refractivity contribution in [3.63, 3.8) is 0 Å². The van der Waals surface area contributed by atoms with Crippen molar-refractivity contribution in [3.05, 3.63) is 255 Å². The van der Waals surface area contributed by atoms with Crippen molar-refractivity contribution in [3.8, 4) is 39.1 Å². The van der Waals surface area contributed by atoms with E-state index in [1.54, 1.807) is 0 Å². The summed E-state index contributed by atoms with van der Waals surface area (Å²) in [7, 11) is 0. The lowest BCUT2D eigenvalue weighted by atomic mass is 9.93. The third kappa shape index (κ3) is 6.47. The summed E-state index contributed by atoms with van der Waals surface area (Å²) < 4.78 is 5.06. The molecule has 12 aromatic carbocycles. The standard InChI is InChI=1S/C66H42N2S/c1-4-21-54-44(14-1)34-39-61-60-27-13-26-55(65(60)69-66(54)61)45-32-37-50(38-33-45)67(51-18-12-17-47(41-51)62-42-48-15-2-3-20-53(48)56-22-5-6-23-57(56)62)49-35-30-43(31-36-49)46-16-11-19-52(40-46)68-63-28-9-7-24-58(63)59-25-8-10-29-64(59)68/h1-42H. The number of aromatic nitrogens is 1. The Bertz CT molecular complexity index is 4260. The van der Waals surface area contributed by atoms with E-state index in [0.29, 0.717) is 0 Å². The summed E-state index contributed by atoms with van der Waals surface area (Å²) in [6.07, 6.45) is 0. The minimum Gasteiger partial charge on any atom is -0.310 e. The molecule has 2 heterocycles. The molecule has 0 atom stereocenters. The number of hydrogen-bond acceptors (Lipinski definition) is 2. The zero-order valence-corrected chi connectivity index (χ0v) is 38.4. The van der Waals surface area contributed by atoms with Gasteiger partial charge in [-0.3, -0.25) is 0 Å². The van der Waals surface area contributed by atoms with E-state index in [4.69, 9.17) is 0 Å². The van der Waals surface area contributed by atoms with E-state index in [-0.39, 0.29) is 0 Å². The Morgan fingerprint density at radius 1 is 0.275 bits per heavy atom. The van der Waals surface area contributed by atoms with Crippen molar-refractivity contribution < 1.29 is 0 Å². The Morgan fingerprint density at radius 3 is 1.59 bits per heavy atom. The number of thiophene rings is 1. The zero-order valence-electron chi connectivity index (χ0n) is 37.6. The second kappa shape index (κ2) is 16.0. The first-order chi connectivity index (χ1) is 34.2. The summed E-state index contributed by atoms with van der Waals surface area (Å²) in [4.78, 5) is 2.40. The Morgan fingerprint density at radius 2 is 0.841 bits per heavy atom. The van der Waals surface area contributed by atoms with Crippen LogP contribution in [-0.2, 0) is 0 Å². The zero-order chi connectivity index (χ0) is 45.4. The van der Waals surface area contributed by atoms with Gasteiger partial charge in [-0.15, -0.1) is 11.3 Å². The molecule has 322 valence electrons. The van der Waals surface area contributed by atoms with Gasteiger partial charge in [-0.1, -0.05) is 188 Å². The van der Waals surface area contributed by atoms with Crippen LogP contribution in [0.2, 0.25) is 0 Å². The fourth-order valence-electron chi connectivity index (χ4n) is 10.9. The van der Waals surface area contributed by atoms with Crippen LogP contribution < -0.4 is 4.90 Å². The number of hydrogen-bond donors (Lipinski definition) is 0. The van der Waals surface area contributed by atoms with Crippen molar-refractivity contribution in [2.24, 2.45) is 0 Å². The summed E-state index contributed by atoms with van der Waals surface area (Å²) in [5.41, 5.74) is 14.0. The maximum absolute atomic E-state index is 2.40. The van der Waals surface area contributed by atoms with Gasteiger partial charge in [0.15, 0.2) is 0 Å². The van der Waals surface area contributed by atoms with E-state index in [0.717, 1.165) is 28.3 Å². The van der Waals surface area contributed by atoms with Gasteiger partial charge >= 0.3 is 0 Å². The summed E-state index contributed by atoms with van der Waals surface area (Å²) in [6, 6.07) is 93.6. The van der Waals surface area contributed by atoms with Crippen LogP contribution in [0.1, 0.15) is 0 Å².